The van der Waals surface area contributed by atoms with Crippen LogP contribution in [-0.2, 0) is 32.7 Å². The zero-order valence-electron chi connectivity index (χ0n) is 33.9. The molecular formula is C45H72NO8P. The number of hydrogen-bond acceptors (Lipinski definition) is 8. The van der Waals surface area contributed by atoms with E-state index in [1.807, 2.05) is 12.2 Å². The summed E-state index contributed by atoms with van der Waals surface area (Å²) in [5.74, 6) is -0.977. The molecule has 0 rings (SSSR count). The monoisotopic (exact) mass is 785 g/mol. The first-order chi connectivity index (χ1) is 26.8. The number of allylic oxidation sites excluding steroid dienone is 18. The topological polar surface area (TPSA) is 134 Å². The Hall–Kier alpha value is -3.33. The van der Waals surface area contributed by atoms with Crippen LogP contribution in [0.5, 0.6) is 0 Å². The molecule has 0 aliphatic heterocycles. The predicted molar refractivity (Wildman–Crippen MR) is 228 cm³/mol. The molecule has 0 aromatic rings. The third-order valence-corrected chi connectivity index (χ3v) is 8.63. The van der Waals surface area contributed by atoms with Crippen molar-refractivity contribution in [1.29, 1.82) is 0 Å². The Morgan fingerprint density at radius 2 is 0.982 bits per heavy atom. The number of carbonyl (C=O) groups excluding carboxylic acids is 2. The molecule has 55 heavy (non-hydrogen) atoms. The zero-order chi connectivity index (χ0) is 40.3. The van der Waals surface area contributed by atoms with Gasteiger partial charge >= 0.3 is 19.8 Å². The second-order valence-corrected chi connectivity index (χ2v) is 14.2. The number of unbranched alkanes of at least 4 members (excludes halogenated alkanes) is 5. The standard InChI is InChI=1S/C45H72NO8P/c1-3-5-7-9-11-13-15-17-19-21-23-25-27-29-31-33-35-37-44(47)51-41-43(42-53-55(49,50)52-40-39-46)54-45(48)38-36-34-32-30-28-26-24-22-20-18-16-14-12-10-8-6-4-2/h5,7,11-14,17-20,23-26,29-32,43H,3-4,6,8-10,15-16,21-22,27-28,33-42,46H2,1-2H3,(H,49,50)/t43-/m1/s1. The summed E-state index contributed by atoms with van der Waals surface area (Å²) in [7, 11) is -4.41. The van der Waals surface area contributed by atoms with Crippen LogP contribution >= 0.6 is 7.82 Å². The summed E-state index contributed by atoms with van der Waals surface area (Å²) in [5.41, 5.74) is 5.33. The lowest BCUT2D eigenvalue weighted by Gasteiger charge is -2.19. The van der Waals surface area contributed by atoms with E-state index in [1.165, 1.54) is 19.3 Å². The van der Waals surface area contributed by atoms with Crippen molar-refractivity contribution >= 4 is 19.8 Å². The van der Waals surface area contributed by atoms with Crippen LogP contribution in [0.15, 0.2) is 109 Å². The van der Waals surface area contributed by atoms with Crippen molar-refractivity contribution in [1.82, 2.24) is 0 Å². The summed E-state index contributed by atoms with van der Waals surface area (Å²) in [5, 5.41) is 0. The van der Waals surface area contributed by atoms with E-state index < -0.39 is 32.5 Å². The number of nitrogens with two attached hydrogens (primary N) is 1. The molecule has 0 aliphatic carbocycles. The smallest absolute Gasteiger partial charge is 0.462 e. The molecule has 0 bridgehead atoms. The number of esters is 2. The van der Waals surface area contributed by atoms with E-state index in [-0.39, 0.29) is 32.6 Å². The highest BCUT2D eigenvalue weighted by molar-refractivity contribution is 7.47. The summed E-state index contributed by atoms with van der Waals surface area (Å²) < 4.78 is 32.6. The lowest BCUT2D eigenvalue weighted by molar-refractivity contribution is -0.161. The van der Waals surface area contributed by atoms with Gasteiger partial charge in [-0.1, -0.05) is 136 Å². The molecule has 10 heteroatoms. The lowest BCUT2D eigenvalue weighted by atomic mass is 10.2. The fraction of sp³-hybridized carbons (Fsp3) is 0.556. The summed E-state index contributed by atoms with van der Waals surface area (Å²) in [6.07, 6.45) is 52.8. The summed E-state index contributed by atoms with van der Waals surface area (Å²) in [4.78, 5) is 34.8. The van der Waals surface area contributed by atoms with Gasteiger partial charge in [-0.05, 0) is 89.9 Å². The lowest BCUT2D eigenvalue weighted by Crippen LogP contribution is -2.29. The third kappa shape index (κ3) is 40.2. The molecule has 0 saturated heterocycles. The van der Waals surface area contributed by atoms with Crippen LogP contribution in [0.1, 0.15) is 129 Å². The van der Waals surface area contributed by atoms with Crippen LogP contribution in [0, 0.1) is 0 Å². The number of ether oxygens (including phenoxy) is 2. The molecule has 0 fully saturated rings. The van der Waals surface area contributed by atoms with Gasteiger partial charge in [-0.15, -0.1) is 0 Å². The molecule has 2 atom stereocenters. The van der Waals surface area contributed by atoms with Gasteiger partial charge in [-0.25, -0.2) is 4.57 Å². The summed E-state index contributed by atoms with van der Waals surface area (Å²) >= 11 is 0. The number of hydrogen-bond donors (Lipinski definition) is 2. The van der Waals surface area contributed by atoms with E-state index >= 15 is 0 Å². The highest BCUT2D eigenvalue weighted by Gasteiger charge is 2.25. The van der Waals surface area contributed by atoms with Crippen LogP contribution in [0.3, 0.4) is 0 Å². The number of phosphoric ester groups is 1. The third-order valence-electron chi connectivity index (χ3n) is 7.64. The highest BCUT2D eigenvalue weighted by Crippen LogP contribution is 2.43. The minimum absolute atomic E-state index is 0.0308. The van der Waals surface area contributed by atoms with Crippen molar-refractivity contribution in [2.24, 2.45) is 5.73 Å². The maximum Gasteiger partial charge on any atom is 0.472 e. The van der Waals surface area contributed by atoms with Gasteiger partial charge < -0.3 is 20.1 Å². The normalized spacial score (nSPS) is 14.5. The highest BCUT2D eigenvalue weighted by atomic mass is 31.2. The van der Waals surface area contributed by atoms with Crippen molar-refractivity contribution in [3.05, 3.63) is 109 Å². The van der Waals surface area contributed by atoms with Crippen molar-refractivity contribution in [2.45, 2.75) is 136 Å². The Morgan fingerprint density at radius 1 is 0.564 bits per heavy atom. The van der Waals surface area contributed by atoms with Crippen molar-refractivity contribution in [2.75, 3.05) is 26.4 Å². The number of rotatable bonds is 36. The minimum Gasteiger partial charge on any atom is -0.462 e. The van der Waals surface area contributed by atoms with Gasteiger partial charge in [0.25, 0.3) is 0 Å². The Labute approximate surface area is 333 Å². The first-order valence-electron chi connectivity index (χ1n) is 20.4. The van der Waals surface area contributed by atoms with Crippen LogP contribution < -0.4 is 5.73 Å². The second kappa shape index (κ2) is 40.3. The van der Waals surface area contributed by atoms with Gasteiger partial charge in [0.05, 0.1) is 13.2 Å². The Kier molecular flexibility index (Phi) is 37.9. The van der Waals surface area contributed by atoms with E-state index in [4.69, 9.17) is 24.3 Å². The predicted octanol–water partition coefficient (Wildman–Crippen LogP) is 11.6. The maximum atomic E-state index is 12.5. The van der Waals surface area contributed by atoms with Gasteiger partial charge in [0.1, 0.15) is 6.61 Å². The van der Waals surface area contributed by atoms with E-state index in [0.717, 1.165) is 64.2 Å². The van der Waals surface area contributed by atoms with Gasteiger partial charge in [-0.2, -0.15) is 0 Å². The molecular weight excluding hydrogens is 713 g/mol. The van der Waals surface area contributed by atoms with Crippen molar-refractivity contribution in [3.8, 4) is 0 Å². The van der Waals surface area contributed by atoms with Crippen molar-refractivity contribution < 1.29 is 37.6 Å². The van der Waals surface area contributed by atoms with Gasteiger partial charge in [-0.3, -0.25) is 18.6 Å². The molecule has 0 aromatic carbocycles. The summed E-state index contributed by atoms with van der Waals surface area (Å²) in [6, 6.07) is 0. The Balaban J connectivity index is 4.42. The summed E-state index contributed by atoms with van der Waals surface area (Å²) in [6.45, 7) is 3.42. The molecule has 0 aromatic heterocycles. The number of carbonyl (C=O) groups is 2. The van der Waals surface area contributed by atoms with E-state index in [1.54, 1.807) is 0 Å². The molecule has 0 heterocycles. The van der Waals surface area contributed by atoms with Crippen LogP contribution in [0.2, 0.25) is 0 Å². The van der Waals surface area contributed by atoms with E-state index in [9.17, 15) is 19.0 Å². The van der Waals surface area contributed by atoms with Gasteiger partial charge in [0.15, 0.2) is 6.10 Å². The quantitative estimate of drug-likeness (QED) is 0.0275. The van der Waals surface area contributed by atoms with Gasteiger partial charge in [0, 0.05) is 19.4 Å². The zero-order valence-corrected chi connectivity index (χ0v) is 34.7. The van der Waals surface area contributed by atoms with E-state index in [0.29, 0.717) is 19.3 Å². The minimum atomic E-state index is -4.41. The van der Waals surface area contributed by atoms with Crippen LogP contribution in [0.4, 0.5) is 0 Å². The first kappa shape index (κ1) is 51.7. The average Bonchev–Trinajstić information content (AvgIpc) is 3.17. The fourth-order valence-corrected chi connectivity index (χ4v) is 5.43. The van der Waals surface area contributed by atoms with Crippen molar-refractivity contribution in [3.63, 3.8) is 0 Å². The Bertz CT molecular complexity index is 1260. The molecule has 0 aliphatic rings. The first-order valence-corrected chi connectivity index (χ1v) is 21.9. The maximum absolute atomic E-state index is 12.5. The molecule has 9 nitrogen and oxygen atoms in total. The molecule has 0 radical (unpaired) electrons. The molecule has 3 N–H and O–H groups in total. The molecule has 1 unspecified atom stereocenters. The largest absolute Gasteiger partial charge is 0.472 e. The molecule has 310 valence electrons. The van der Waals surface area contributed by atoms with Gasteiger partial charge in [0.2, 0.25) is 0 Å². The van der Waals surface area contributed by atoms with Crippen LogP contribution in [-0.4, -0.2) is 49.3 Å². The fourth-order valence-electron chi connectivity index (χ4n) is 4.66. The average molecular weight is 786 g/mol. The molecule has 0 amide bonds. The Morgan fingerprint density at radius 3 is 1.42 bits per heavy atom. The van der Waals surface area contributed by atoms with E-state index in [2.05, 4.69) is 111 Å². The molecule has 0 saturated carbocycles. The SMILES string of the molecule is CCC=CCC=CCC=CCC=CCC=CCCCC(=O)OC[C@H](COP(=O)(O)OCCN)OC(=O)CCCC=CCC=CCC=CCC=CCCCCC. The molecule has 0 spiro atoms. The second-order valence-electron chi connectivity index (χ2n) is 12.8. The van der Waals surface area contributed by atoms with Crippen LogP contribution in [0.25, 0.3) is 0 Å². The number of phosphoric acid groups is 1.